The van der Waals surface area contributed by atoms with E-state index in [4.69, 9.17) is 16.3 Å². The number of carbonyl (C=O) groups excluding carboxylic acids is 1. The van der Waals surface area contributed by atoms with E-state index in [-0.39, 0.29) is 29.9 Å². The molecule has 2 aromatic rings. The van der Waals surface area contributed by atoms with Crippen molar-refractivity contribution in [3.63, 3.8) is 0 Å². The standard InChI is InChI=1S/C23H26ClN3O4/c1-23(2)21(15-6-4-3-5-7-15)26(22(28)31-23)18-11-9-17(10-12-18)25-19-13-8-16(24)14-20(19)27(29)30/h3-8,13-14,17-18,21,25H,9-12H2,1-2H3. The van der Waals surface area contributed by atoms with Gasteiger partial charge in [-0.3, -0.25) is 15.0 Å². The Bertz CT molecular complexity index is 974. The molecule has 164 valence electrons. The number of rotatable bonds is 5. The Kier molecular flexibility index (Phi) is 5.79. The molecule has 0 aromatic heterocycles. The molecule has 1 aliphatic carbocycles. The van der Waals surface area contributed by atoms with E-state index in [0.717, 1.165) is 31.2 Å². The van der Waals surface area contributed by atoms with E-state index in [1.54, 1.807) is 12.1 Å². The number of carbonyl (C=O) groups is 1. The number of benzene rings is 2. The fourth-order valence-corrected chi connectivity index (χ4v) is 4.99. The van der Waals surface area contributed by atoms with E-state index in [2.05, 4.69) is 5.32 Å². The minimum Gasteiger partial charge on any atom is -0.441 e. The predicted molar refractivity (Wildman–Crippen MR) is 119 cm³/mol. The predicted octanol–water partition coefficient (Wildman–Crippen LogP) is 5.94. The van der Waals surface area contributed by atoms with E-state index in [9.17, 15) is 14.9 Å². The van der Waals surface area contributed by atoms with E-state index in [0.29, 0.717) is 10.7 Å². The van der Waals surface area contributed by atoms with Crippen molar-refractivity contribution < 1.29 is 14.5 Å². The lowest BCUT2D eigenvalue weighted by Crippen LogP contribution is -2.44. The molecule has 1 unspecified atom stereocenters. The first-order valence-corrected chi connectivity index (χ1v) is 10.9. The molecule has 1 saturated carbocycles. The van der Waals surface area contributed by atoms with E-state index in [1.807, 2.05) is 49.1 Å². The van der Waals surface area contributed by atoms with Crippen LogP contribution in [0, 0.1) is 10.1 Å². The Balaban J connectivity index is 1.47. The summed E-state index contributed by atoms with van der Waals surface area (Å²) in [7, 11) is 0. The van der Waals surface area contributed by atoms with Gasteiger partial charge in [-0.15, -0.1) is 0 Å². The fourth-order valence-electron chi connectivity index (χ4n) is 4.83. The average molecular weight is 444 g/mol. The van der Waals surface area contributed by atoms with Gasteiger partial charge in [0, 0.05) is 23.2 Å². The molecule has 1 N–H and O–H groups in total. The zero-order valence-electron chi connectivity index (χ0n) is 17.6. The monoisotopic (exact) mass is 443 g/mol. The molecule has 4 rings (SSSR count). The zero-order valence-corrected chi connectivity index (χ0v) is 18.3. The second-order valence-electron chi connectivity index (χ2n) is 8.76. The number of nitro groups is 1. The van der Waals surface area contributed by atoms with Gasteiger partial charge in [0.25, 0.3) is 5.69 Å². The molecule has 1 atom stereocenters. The number of nitro benzene ring substituents is 1. The summed E-state index contributed by atoms with van der Waals surface area (Å²) in [5.74, 6) is 0. The number of hydrogen-bond donors (Lipinski definition) is 1. The highest BCUT2D eigenvalue weighted by molar-refractivity contribution is 6.30. The van der Waals surface area contributed by atoms with Crippen molar-refractivity contribution in [2.45, 2.75) is 63.3 Å². The van der Waals surface area contributed by atoms with Gasteiger partial charge in [0.1, 0.15) is 11.3 Å². The van der Waals surface area contributed by atoms with Crippen LogP contribution >= 0.6 is 11.6 Å². The maximum Gasteiger partial charge on any atom is 0.411 e. The molecule has 0 radical (unpaired) electrons. The first kappa shape index (κ1) is 21.4. The normalized spacial score (nSPS) is 25.2. The number of ether oxygens (including phenoxy) is 1. The first-order chi connectivity index (χ1) is 14.8. The maximum absolute atomic E-state index is 12.8. The second kappa shape index (κ2) is 8.38. The van der Waals surface area contributed by atoms with Crippen LogP contribution in [-0.2, 0) is 4.74 Å². The highest BCUT2D eigenvalue weighted by Gasteiger charge is 2.51. The Morgan fingerprint density at radius 2 is 1.81 bits per heavy atom. The minimum absolute atomic E-state index is 0.0244. The summed E-state index contributed by atoms with van der Waals surface area (Å²) in [5, 5.41) is 15.0. The van der Waals surface area contributed by atoms with Gasteiger partial charge in [-0.05, 0) is 57.2 Å². The van der Waals surface area contributed by atoms with Crippen LogP contribution in [0.25, 0.3) is 0 Å². The number of cyclic esters (lactones) is 1. The summed E-state index contributed by atoms with van der Waals surface area (Å²) >= 11 is 5.91. The fraction of sp³-hybridized carbons (Fsp3) is 0.435. The third-order valence-electron chi connectivity index (χ3n) is 6.22. The van der Waals surface area contributed by atoms with Gasteiger partial charge >= 0.3 is 6.09 Å². The van der Waals surface area contributed by atoms with Gasteiger partial charge in [0.2, 0.25) is 0 Å². The van der Waals surface area contributed by atoms with Gasteiger partial charge in [-0.25, -0.2) is 4.79 Å². The molecule has 2 fully saturated rings. The van der Waals surface area contributed by atoms with Crippen LogP contribution < -0.4 is 5.32 Å². The van der Waals surface area contributed by atoms with Crippen LogP contribution in [0.3, 0.4) is 0 Å². The van der Waals surface area contributed by atoms with Crippen LogP contribution in [0.15, 0.2) is 48.5 Å². The van der Waals surface area contributed by atoms with Crippen LogP contribution in [-0.4, -0.2) is 33.6 Å². The van der Waals surface area contributed by atoms with Crippen molar-refractivity contribution in [3.8, 4) is 0 Å². The molecule has 7 nitrogen and oxygen atoms in total. The van der Waals surface area contributed by atoms with Gasteiger partial charge in [0.15, 0.2) is 0 Å². The van der Waals surface area contributed by atoms with E-state index < -0.39 is 10.5 Å². The molecule has 1 saturated heterocycles. The van der Waals surface area contributed by atoms with Crippen LogP contribution in [0.1, 0.15) is 51.1 Å². The number of nitrogens with one attached hydrogen (secondary N) is 1. The number of halogens is 1. The Hall–Kier alpha value is -2.80. The van der Waals surface area contributed by atoms with E-state index in [1.165, 1.54) is 6.07 Å². The molecule has 8 heteroatoms. The topological polar surface area (TPSA) is 84.7 Å². The van der Waals surface area contributed by atoms with Crippen molar-refractivity contribution in [1.82, 2.24) is 4.90 Å². The van der Waals surface area contributed by atoms with Crippen molar-refractivity contribution in [2.24, 2.45) is 0 Å². The molecular weight excluding hydrogens is 418 g/mol. The Morgan fingerprint density at radius 3 is 2.45 bits per heavy atom. The van der Waals surface area contributed by atoms with Crippen LogP contribution in [0.5, 0.6) is 0 Å². The number of hydrogen-bond acceptors (Lipinski definition) is 5. The lowest BCUT2D eigenvalue weighted by Gasteiger charge is -2.38. The summed E-state index contributed by atoms with van der Waals surface area (Å²) in [5.41, 5.74) is 0.901. The van der Waals surface area contributed by atoms with Gasteiger partial charge in [-0.2, -0.15) is 0 Å². The smallest absolute Gasteiger partial charge is 0.411 e. The van der Waals surface area contributed by atoms with E-state index >= 15 is 0 Å². The lowest BCUT2D eigenvalue weighted by molar-refractivity contribution is -0.384. The average Bonchev–Trinajstić information content (AvgIpc) is 2.98. The molecule has 1 aliphatic heterocycles. The molecule has 2 aliphatic rings. The number of nitrogens with zero attached hydrogens (tertiary/aromatic N) is 2. The van der Waals surface area contributed by atoms with Crippen molar-refractivity contribution >= 4 is 29.1 Å². The Morgan fingerprint density at radius 1 is 1.13 bits per heavy atom. The highest BCUT2D eigenvalue weighted by atomic mass is 35.5. The van der Waals surface area contributed by atoms with Gasteiger partial charge in [-0.1, -0.05) is 41.9 Å². The van der Waals surface area contributed by atoms with Crippen molar-refractivity contribution in [1.29, 1.82) is 0 Å². The molecule has 0 bridgehead atoms. The third kappa shape index (κ3) is 4.32. The Labute approximate surface area is 186 Å². The quantitative estimate of drug-likeness (QED) is 0.456. The van der Waals surface area contributed by atoms with Crippen LogP contribution in [0.4, 0.5) is 16.2 Å². The first-order valence-electron chi connectivity index (χ1n) is 10.5. The van der Waals surface area contributed by atoms with Gasteiger partial charge in [0.05, 0.1) is 11.0 Å². The van der Waals surface area contributed by atoms with Crippen LogP contribution in [0.2, 0.25) is 5.02 Å². The minimum atomic E-state index is -0.614. The SMILES string of the molecule is CC1(C)OC(=O)N(C2CCC(Nc3ccc(Cl)cc3[N+](=O)[O-])CC2)C1c1ccccc1. The highest BCUT2D eigenvalue weighted by Crippen LogP contribution is 2.44. The number of amides is 1. The molecule has 1 amide bonds. The zero-order chi connectivity index (χ0) is 22.2. The summed E-state index contributed by atoms with van der Waals surface area (Å²) in [6.07, 6.45) is 2.93. The van der Waals surface area contributed by atoms with Gasteiger partial charge < -0.3 is 10.1 Å². The summed E-state index contributed by atoms with van der Waals surface area (Å²) in [4.78, 5) is 25.6. The molecule has 1 heterocycles. The van der Waals surface area contributed by atoms with Crippen molar-refractivity contribution in [2.75, 3.05) is 5.32 Å². The maximum atomic E-state index is 12.8. The molecule has 0 spiro atoms. The molecular formula is C23H26ClN3O4. The summed E-state index contributed by atoms with van der Waals surface area (Å²) in [6.45, 7) is 3.91. The summed E-state index contributed by atoms with van der Waals surface area (Å²) in [6, 6.07) is 14.7. The number of anilines is 1. The summed E-state index contributed by atoms with van der Waals surface area (Å²) < 4.78 is 5.74. The van der Waals surface area contributed by atoms with Crippen molar-refractivity contribution in [3.05, 3.63) is 69.2 Å². The molecule has 31 heavy (non-hydrogen) atoms. The second-order valence-corrected chi connectivity index (χ2v) is 9.20. The molecule has 2 aromatic carbocycles. The third-order valence-corrected chi connectivity index (χ3v) is 6.45. The largest absolute Gasteiger partial charge is 0.441 e. The lowest BCUT2D eigenvalue weighted by atomic mass is 9.86.